The van der Waals surface area contributed by atoms with Crippen molar-refractivity contribution in [2.24, 2.45) is 17.2 Å². The first-order chi connectivity index (χ1) is 14.7. The van der Waals surface area contributed by atoms with E-state index in [2.05, 4.69) is 26.5 Å². The zero-order chi connectivity index (χ0) is 24.4. The molecule has 0 aromatic heterocycles. The van der Waals surface area contributed by atoms with Gasteiger partial charge in [-0.05, 0) is 40.5 Å². The molecule has 0 amide bonds. The van der Waals surface area contributed by atoms with Crippen molar-refractivity contribution in [1.29, 1.82) is 0 Å². The van der Waals surface area contributed by atoms with E-state index < -0.39 is 11.6 Å². The number of rotatable bonds is 18. The molecule has 0 rings (SSSR count). The van der Waals surface area contributed by atoms with E-state index in [-0.39, 0.29) is 0 Å². The van der Waals surface area contributed by atoms with Crippen LogP contribution in [0.25, 0.3) is 0 Å². The smallest absolute Gasteiger partial charge is 0.162 e. The molecule has 0 aliphatic heterocycles. The topological polar surface area (TPSA) is 133 Å². The predicted octanol–water partition coefficient (Wildman–Crippen LogP) is 2.11. The Morgan fingerprint density at radius 2 is 0.968 bits per heavy atom. The van der Waals surface area contributed by atoms with Crippen molar-refractivity contribution in [1.82, 2.24) is 0 Å². The summed E-state index contributed by atoms with van der Waals surface area (Å²) in [5.41, 5.74) is 15.7. The lowest BCUT2D eigenvalue weighted by molar-refractivity contribution is -0.210. The van der Waals surface area contributed by atoms with Gasteiger partial charge in [0, 0.05) is 38.6 Å². The molecule has 0 saturated heterocycles. The van der Waals surface area contributed by atoms with Gasteiger partial charge in [-0.1, -0.05) is 13.8 Å². The second-order valence-corrected chi connectivity index (χ2v) is 7.66. The van der Waals surface area contributed by atoms with Crippen molar-refractivity contribution in [3.8, 4) is 0 Å². The third kappa shape index (κ3) is 34.8. The molecule has 192 valence electrons. The number of hydrogen-bond acceptors (Lipinski definition) is 10. The van der Waals surface area contributed by atoms with Gasteiger partial charge in [-0.2, -0.15) is 12.6 Å². The SMILES string of the molecule is CC(C)(OCCN)OCCN.CCCOC(C)(C)OCCS.CCCOCOCCN. The summed E-state index contributed by atoms with van der Waals surface area (Å²) in [5.74, 6) is -0.267. The highest BCUT2D eigenvalue weighted by molar-refractivity contribution is 7.80. The van der Waals surface area contributed by atoms with Gasteiger partial charge >= 0.3 is 0 Å². The van der Waals surface area contributed by atoms with Crippen LogP contribution < -0.4 is 17.2 Å². The van der Waals surface area contributed by atoms with E-state index in [1.807, 2.05) is 27.7 Å². The van der Waals surface area contributed by atoms with Crippen molar-refractivity contribution >= 4 is 12.6 Å². The molecule has 0 aromatic rings. The first kappa shape index (κ1) is 35.6. The van der Waals surface area contributed by atoms with Crippen molar-refractivity contribution < 1.29 is 28.4 Å². The highest BCUT2D eigenvalue weighted by Gasteiger charge is 2.17. The number of hydrogen-bond donors (Lipinski definition) is 4. The summed E-state index contributed by atoms with van der Waals surface area (Å²) < 4.78 is 31.3. The Bertz CT molecular complexity index is 290. The van der Waals surface area contributed by atoms with E-state index in [1.165, 1.54) is 0 Å². The molecule has 31 heavy (non-hydrogen) atoms. The minimum absolute atomic E-state index is 0.380. The summed E-state index contributed by atoms with van der Waals surface area (Å²) >= 11 is 4.04. The summed E-state index contributed by atoms with van der Waals surface area (Å²) in [6, 6.07) is 0. The molecule has 0 aromatic carbocycles. The monoisotopic (exact) mass is 473 g/mol. The van der Waals surface area contributed by atoms with Crippen LogP contribution in [0.2, 0.25) is 0 Å². The van der Waals surface area contributed by atoms with E-state index in [0.717, 1.165) is 31.8 Å². The Hall–Kier alpha value is -0.0100. The Morgan fingerprint density at radius 3 is 1.35 bits per heavy atom. The molecule has 0 spiro atoms. The van der Waals surface area contributed by atoms with E-state index in [1.54, 1.807) is 0 Å². The zero-order valence-electron chi connectivity index (χ0n) is 20.8. The lowest BCUT2D eigenvalue weighted by atomic mass is 10.4. The Morgan fingerprint density at radius 1 is 0.581 bits per heavy atom. The van der Waals surface area contributed by atoms with Gasteiger partial charge in [0.1, 0.15) is 6.79 Å². The quantitative estimate of drug-likeness (QED) is 0.134. The molecule has 10 heteroatoms. The number of thiol groups is 1. The van der Waals surface area contributed by atoms with E-state index in [4.69, 9.17) is 45.6 Å². The molecule has 0 heterocycles. The van der Waals surface area contributed by atoms with Crippen LogP contribution in [0.1, 0.15) is 54.4 Å². The lowest BCUT2D eigenvalue weighted by Gasteiger charge is -2.25. The third-order valence-electron chi connectivity index (χ3n) is 3.11. The zero-order valence-corrected chi connectivity index (χ0v) is 21.7. The van der Waals surface area contributed by atoms with Gasteiger partial charge in [0.15, 0.2) is 11.6 Å². The van der Waals surface area contributed by atoms with Gasteiger partial charge in [0.25, 0.3) is 0 Å². The summed E-state index contributed by atoms with van der Waals surface area (Å²) in [5, 5.41) is 0. The van der Waals surface area contributed by atoms with Gasteiger partial charge in [-0.15, -0.1) is 0 Å². The minimum atomic E-state index is -0.557. The van der Waals surface area contributed by atoms with Gasteiger partial charge in [-0.25, -0.2) is 0 Å². The summed E-state index contributed by atoms with van der Waals surface area (Å²) in [7, 11) is 0. The fourth-order valence-corrected chi connectivity index (χ4v) is 1.83. The molecule has 0 bridgehead atoms. The van der Waals surface area contributed by atoms with Gasteiger partial charge in [0.2, 0.25) is 0 Å². The van der Waals surface area contributed by atoms with E-state index in [9.17, 15) is 0 Å². The molecule has 9 nitrogen and oxygen atoms in total. The van der Waals surface area contributed by atoms with Crippen LogP contribution in [-0.4, -0.2) is 83.4 Å². The van der Waals surface area contributed by atoms with E-state index in [0.29, 0.717) is 52.9 Å². The van der Waals surface area contributed by atoms with Gasteiger partial charge < -0.3 is 45.6 Å². The molecule has 0 aliphatic rings. The molecule has 0 unspecified atom stereocenters. The molecule has 0 saturated carbocycles. The molecular formula is C21H51N3O6S. The summed E-state index contributed by atoms with van der Waals surface area (Å²) in [6.07, 6.45) is 2.06. The van der Waals surface area contributed by atoms with Gasteiger partial charge in [-0.3, -0.25) is 0 Å². The first-order valence-electron chi connectivity index (χ1n) is 11.1. The van der Waals surface area contributed by atoms with Crippen LogP contribution in [0, 0.1) is 0 Å². The standard InChI is InChI=1S/C8H18O2S.C7H18N2O2.C6H15NO2/c1-4-5-9-8(2,3)10-6-7-11;1-7(2,10-5-3-8)11-6-4-9;1-2-4-8-6-9-5-3-7/h11H,4-7H2,1-3H3;3-6,8-9H2,1-2H3;2-7H2,1H3. The predicted molar refractivity (Wildman–Crippen MR) is 130 cm³/mol. The molecule has 0 aliphatic carbocycles. The Kier molecular flexibility index (Phi) is 30.1. The second kappa shape index (κ2) is 26.2. The van der Waals surface area contributed by atoms with Crippen LogP contribution in [0.4, 0.5) is 0 Å². The largest absolute Gasteiger partial charge is 0.355 e. The molecule has 6 N–H and O–H groups in total. The lowest BCUT2D eigenvalue weighted by Crippen LogP contribution is -2.32. The maximum absolute atomic E-state index is 5.42. The fourth-order valence-electron chi connectivity index (χ4n) is 1.74. The van der Waals surface area contributed by atoms with Crippen LogP contribution >= 0.6 is 12.6 Å². The van der Waals surface area contributed by atoms with Crippen molar-refractivity contribution in [3.05, 3.63) is 0 Å². The third-order valence-corrected chi connectivity index (χ3v) is 3.29. The molecule has 0 fully saturated rings. The summed E-state index contributed by atoms with van der Waals surface area (Å²) in [6.45, 7) is 17.4. The number of ether oxygens (including phenoxy) is 6. The average Bonchev–Trinajstić information content (AvgIpc) is 2.74. The first-order valence-corrected chi connectivity index (χ1v) is 11.7. The molecule has 0 atom stereocenters. The van der Waals surface area contributed by atoms with Crippen molar-refractivity contribution in [2.45, 2.75) is 66.0 Å². The summed E-state index contributed by atoms with van der Waals surface area (Å²) in [4.78, 5) is 0. The normalized spacial score (nSPS) is 11.4. The number of nitrogens with two attached hydrogens (primary N) is 3. The maximum Gasteiger partial charge on any atom is 0.162 e. The highest BCUT2D eigenvalue weighted by Crippen LogP contribution is 2.11. The van der Waals surface area contributed by atoms with Gasteiger partial charge in [0.05, 0.1) is 26.4 Å². The molecular weight excluding hydrogens is 422 g/mol. The van der Waals surface area contributed by atoms with Crippen LogP contribution in [0.5, 0.6) is 0 Å². The average molecular weight is 474 g/mol. The van der Waals surface area contributed by atoms with Crippen molar-refractivity contribution in [3.63, 3.8) is 0 Å². The maximum atomic E-state index is 5.42. The molecule has 0 radical (unpaired) electrons. The second-order valence-electron chi connectivity index (χ2n) is 7.22. The van der Waals surface area contributed by atoms with Crippen LogP contribution in [-0.2, 0) is 28.4 Å². The van der Waals surface area contributed by atoms with Crippen LogP contribution in [0.15, 0.2) is 0 Å². The minimum Gasteiger partial charge on any atom is -0.355 e. The van der Waals surface area contributed by atoms with E-state index >= 15 is 0 Å². The fraction of sp³-hybridized carbons (Fsp3) is 1.00. The Balaban J connectivity index is -0.000000382. The van der Waals surface area contributed by atoms with Crippen molar-refractivity contribution in [2.75, 3.05) is 71.8 Å². The Labute approximate surface area is 196 Å². The van der Waals surface area contributed by atoms with Crippen LogP contribution in [0.3, 0.4) is 0 Å². The highest BCUT2D eigenvalue weighted by atomic mass is 32.1.